The van der Waals surface area contributed by atoms with Crippen LogP contribution in [0.25, 0.3) is 22.3 Å². The Labute approximate surface area is 224 Å². The second-order valence-corrected chi connectivity index (χ2v) is 9.90. The van der Waals surface area contributed by atoms with E-state index in [1.165, 1.54) is 6.07 Å². The number of fused-ring (bicyclic) bond motifs is 1. The third kappa shape index (κ3) is 7.01. The fraction of sp³-hybridized carbons (Fsp3) is 0.276. The fourth-order valence-corrected chi connectivity index (χ4v) is 4.32. The molecule has 0 fully saturated rings. The minimum atomic E-state index is -4.43. The molecule has 0 saturated carbocycles. The number of nitrogens with zero attached hydrogens (tertiary/aromatic N) is 3. The monoisotopic (exact) mass is 540 g/mol. The maximum absolute atomic E-state index is 13.0. The Morgan fingerprint density at radius 2 is 1.76 bits per heavy atom. The van der Waals surface area contributed by atoms with Crippen LogP contribution in [-0.4, -0.2) is 29.0 Å². The maximum atomic E-state index is 13.0. The quantitative estimate of drug-likeness (QED) is 0.245. The van der Waals surface area contributed by atoms with Gasteiger partial charge < -0.3 is 10.2 Å². The smallest absolute Gasteiger partial charge is 0.355 e. The SMILES string of the molecule is CC(C)CN(CCC(=O)NCc1cccc(C(F)(F)F)c1)c1nc(-c2ccccc2)nc2cc(Cl)ccc12. The largest absolute Gasteiger partial charge is 0.416 e. The topological polar surface area (TPSA) is 58.1 Å². The number of carbonyl (C=O) groups excluding carboxylic acids is 1. The van der Waals surface area contributed by atoms with Crippen molar-refractivity contribution in [3.8, 4) is 11.4 Å². The molecule has 198 valence electrons. The zero-order chi connectivity index (χ0) is 27.3. The summed E-state index contributed by atoms with van der Waals surface area (Å²) < 4.78 is 39.0. The van der Waals surface area contributed by atoms with E-state index in [0.29, 0.717) is 40.8 Å². The number of halogens is 4. The molecule has 0 radical (unpaired) electrons. The standard InChI is InChI=1S/C29H28ClF3N4O/c1-19(2)18-37(14-13-26(38)34-17-20-7-6-10-22(15-20)29(31,32)33)28-24-12-11-23(30)16-25(24)35-27(36-28)21-8-4-3-5-9-21/h3-12,15-16,19H,13-14,17-18H2,1-2H3,(H,34,38). The molecule has 38 heavy (non-hydrogen) atoms. The Bertz CT molecular complexity index is 1410. The number of carbonyl (C=O) groups is 1. The Kier molecular flexibility index (Phi) is 8.52. The van der Waals surface area contributed by atoms with E-state index in [2.05, 4.69) is 24.1 Å². The number of hydrogen-bond acceptors (Lipinski definition) is 4. The van der Waals surface area contributed by atoms with E-state index in [0.717, 1.165) is 23.1 Å². The lowest BCUT2D eigenvalue weighted by Crippen LogP contribution is -2.34. The number of aromatic nitrogens is 2. The first-order chi connectivity index (χ1) is 18.1. The van der Waals surface area contributed by atoms with E-state index in [-0.39, 0.29) is 24.8 Å². The van der Waals surface area contributed by atoms with E-state index in [4.69, 9.17) is 21.6 Å². The summed E-state index contributed by atoms with van der Waals surface area (Å²) in [6.07, 6.45) is -4.29. The van der Waals surface area contributed by atoms with Crippen LogP contribution in [-0.2, 0) is 17.5 Å². The lowest BCUT2D eigenvalue weighted by atomic mass is 10.1. The first-order valence-electron chi connectivity index (χ1n) is 12.3. The summed E-state index contributed by atoms with van der Waals surface area (Å²) in [4.78, 5) is 24.4. The molecule has 1 amide bonds. The van der Waals surface area contributed by atoms with E-state index in [1.54, 1.807) is 18.2 Å². The van der Waals surface area contributed by atoms with Crippen LogP contribution in [0.4, 0.5) is 19.0 Å². The third-order valence-corrected chi connectivity index (χ3v) is 6.14. The zero-order valence-electron chi connectivity index (χ0n) is 21.1. The highest BCUT2D eigenvalue weighted by Crippen LogP contribution is 2.31. The maximum Gasteiger partial charge on any atom is 0.416 e. The van der Waals surface area contributed by atoms with Gasteiger partial charge in [-0.15, -0.1) is 0 Å². The highest BCUT2D eigenvalue weighted by atomic mass is 35.5. The fourth-order valence-electron chi connectivity index (χ4n) is 4.15. The molecule has 0 aliphatic rings. The van der Waals surface area contributed by atoms with Crippen molar-refractivity contribution in [2.45, 2.75) is 33.0 Å². The van der Waals surface area contributed by atoms with Crippen molar-refractivity contribution in [3.05, 3.63) is 88.9 Å². The average molecular weight is 541 g/mol. The van der Waals surface area contributed by atoms with Crippen LogP contribution in [0.5, 0.6) is 0 Å². The second-order valence-electron chi connectivity index (χ2n) is 9.46. The molecule has 0 bridgehead atoms. The van der Waals surface area contributed by atoms with Crippen molar-refractivity contribution in [2.24, 2.45) is 5.92 Å². The van der Waals surface area contributed by atoms with Crippen LogP contribution >= 0.6 is 11.6 Å². The number of nitrogens with one attached hydrogen (secondary N) is 1. The number of alkyl halides is 3. The van der Waals surface area contributed by atoms with Crippen LogP contribution < -0.4 is 10.2 Å². The minimum absolute atomic E-state index is 0.0139. The van der Waals surface area contributed by atoms with Gasteiger partial charge in [0.15, 0.2) is 5.82 Å². The molecule has 0 unspecified atom stereocenters. The van der Waals surface area contributed by atoms with Crippen LogP contribution in [0.2, 0.25) is 5.02 Å². The lowest BCUT2D eigenvalue weighted by molar-refractivity contribution is -0.137. The highest BCUT2D eigenvalue weighted by molar-refractivity contribution is 6.31. The molecule has 9 heteroatoms. The van der Waals surface area contributed by atoms with Gasteiger partial charge in [-0.25, -0.2) is 9.97 Å². The molecule has 0 aliphatic carbocycles. The first kappa shape index (κ1) is 27.4. The molecule has 1 heterocycles. The Hall–Kier alpha value is -3.65. The highest BCUT2D eigenvalue weighted by Gasteiger charge is 2.30. The van der Waals surface area contributed by atoms with Gasteiger partial charge in [-0.2, -0.15) is 13.2 Å². The third-order valence-electron chi connectivity index (χ3n) is 5.91. The molecule has 0 saturated heterocycles. The summed E-state index contributed by atoms with van der Waals surface area (Å²) in [6.45, 7) is 5.19. The Morgan fingerprint density at radius 1 is 1.00 bits per heavy atom. The van der Waals surface area contributed by atoms with Crippen molar-refractivity contribution in [2.75, 3.05) is 18.0 Å². The number of anilines is 1. The van der Waals surface area contributed by atoms with Crippen molar-refractivity contribution in [3.63, 3.8) is 0 Å². The van der Waals surface area contributed by atoms with E-state index < -0.39 is 11.7 Å². The van der Waals surface area contributed by atoms with Crippen LogP contribution in [0, 0.1) is 5.92 Å². The van der Waals surface area contributed by atoms with Crippen molar-refractivity contribution in [1.29, 1.82) is 0 Å². The molecule has 0 spiro atoms. The van der Waals surface area contributed by atoms with E-state index in [9.17, 15) is 18.0 Å². The zero-order valence-corrected chi connectivity index (χ0v) is 21.9. The van der Waals surface area contributed by atoms with Gasteiger partial charge in [0, 0.05) is 42.0 Å². The molecule has 0 atom stereocenters. The molecule has 4 rings (SSSR count). The van der Waals surface area contributed by atoms with Crippen LogP contribution in [0.15, 0.2) is 72.8 Å². The predicted molar refractivity (Wildman–Crippen MR) is 145 cm³/mol. The van der Waals surface area contributed by atoms with Gasteiger partial charge >= 0.3 is 6.18 Å². The Morgan fingerprint density at radius 3 is 2.47 bits per heavy atom. The van der Waals surface area contributed by atoms with Crippen molar-refractivity contribution < 1.29 is 18.0 Å². The van der Waals surface area contributed by atoms with Gasteiger partial charge in [0.05, 0.1) is 11.1 Å². The van der Waals surface area contributed by atoms with Gasteiger partial charge in [-0.1, -0.05) is 67.9 Å². The van der Waals surface area contributed by atoms with Crippen molar-refractivity contribution >= 4 is 34.2 Å². The summed E-state index contributed by atoms with van der Waals surface area (Å²) in [5.41, 5.74) is 1.21. The first-order valence-corrected chi connectivity index (χ1v) is 12.7. The molecular formula is C29H28ClF3N4O. The number of amides is 1. The number of hydrogen-bond donors (Lipinski definition) is 1. The summed E-state index contributed by atoms with van der Waals surface area (Å²) in [5.74, 6) is 1.27. The number of benzene rings is 3. The molecule has 3 aromatic carbocycles. The number of rotatable bonds is 9. The summed E-state index contributed by atoms with van der Waals surface area (Å²) in [6, 6.07) is 20.0. The van der Waals surface area contributed by atoms with Gasteiger partial charge in [-0.05, 0) is 41.8 Å². The second kappa shape index (κ2) is 11.8. The van der Waals surface area contributed by atoms with Crippen LogP contribution in [0.3, 0.4) is 0 Å². The lowest BCUT2D eigenvalue weighted by Gasteiger charge is -2.27. The van der Waals surface area contributed by atoms with Gasteiger partial charge in [0.1, 0.15) is 5.82 Å². The molecule has 0 aliphatic heterocycles. The normalized spacial score (nSPS) is 11.7. The minimum Gasteiger partial charge on any atom is -0.355 e. The summed E-state index contributed by atoms with van der Waals surface area (Å²) in [7, 11) is 0. The summed E-state index contributed by atoms with van der Waals surface area (Å²) in [5, 5.41) is 4.12. The van der Waals surface area contributed by atoms with Gasteiger partial charge in [0.25, 0.3) is 0 Å². The average Bonchev–Trinajstić information content (AvgIpc) is 2.89. The molecule has 5 nitrogen and oxygen atoms in total. The predicted octanol–water partition coefficient (Wildman–Crippen LogP) is 7.14. The van der Waals surface area contributed by atoms with Crippen LogP contribution in [0.1, 0.15) is 31.4 Å². The molecule has 1 N–H and O–H groups in total. The van der Waals surface area contributed by atoms with E-state index >= 15 is 0 Å². The summed E-state index contributed by atoms with van der Waals surface area (Å²) >= 11 is 6.27. The van der Waals surface area contributed by atoms with Crippen molar-refractivity contribution in [1.82, 2.24) is 15.3 Å². The molecule has 4 aromatic rings. The molecular weight excluding hydrogens is 513 g/mol. The Balaban J connectivity index is 1.55. The molecule has 1 aromatic heterocycles. The van der Waals surface area contributed by atoms with E-state index in [1.807, 2.05) is 36.4 Å². The van der Waals surface area contributed by atoms with Gasteiger partial charge in [0.2, 0.25) is 5.91 Å². The van der Waals surface area contributed by atoms with Gasteiger partial charge in [-0.3, -0.25) is 4.79 Å².